The van der Waals surface area contributed by atoms with Gasteiger partial charge in [-0.2, -0.15) is 0 Å². The van der Waals surface area contributed by atoms with Crippen LogP contribution >= 0.6 is 11.6 Å². The summed E-state index contributed by atoms with van der Waals surface area (Å²) in [5.74, 6) is -0.510. The first-order chi connectivity index (χ1) is 18.6. The van der Waals surface area contributed by atoms with Gasteiger partial charge in [0.05, 0.1) is 16.5 Å². The predicted molar refractivity (Wildman–Crippen MR) is 146 cm³/mol. The fourth-order valence-corrected chi connectivity index (χ4v) is 6.36. The number of hydrogen-bond acceptors (Lipinski definition) is 4. The number of anilines is 2. The Balaban J connectivity index is 1.21. The summed E-state index contributed by atoms with van der Waals surface area (Å²) in [6.07, 6.45) is 3.97. The summed E-state index contributed by atoms with van der Waals surface area (Å²) in [7, 11) is 0. The Morgan fingerprint density at radius 3 is 2.74 bits per heavy atom. The molecule has 1 aliphatic carbocycles. The molecular formula is C30H28ClFN4O3. The summed E-state index contributed by atoms with van der Waals surface area (Å²) in [4.78, 5) is 45.4. The van der Waals surface area contributed by atoms with Crippen LogP contribution in [0, 0.1) is 11.2 Å². The molecular weight excluding hydrogens is 519 g/mol. The average molecular weight is 547 g/mol. The van der Waals surface area contributed by atoms with Crippen LogP contribution < -0.4 is 10.6 Å². The average Bonchev–Trinajstić information content (AvgIpc) is 3.41. The van der Waals surface area contributed by atoms with Gasteiger partial charge in [-0.25, -0.2) is 9.37 Å². The monoisotopic (exact) mass is 546 g/mol. The van der Waals surface area contributed by atoms with E-state index in [1.165, 1.54) is 17.0 Å². The topological polar surface area (TPSA) is 91.4 Å². The number of halogens is 2. The summed E-state index contributed by atoms with van der Waals surface area (Å²) in [6.45, 7) is 3.56. The van der Waals surface area contributed by atoms with Crippen LogP contribution in [0.4, 0.5) is 15.9 Å². The first-order valence-corrected chi connectivity index (χ1v) is 13.4. The molecule has 3 aromatic rings. The summed E-state index contributed by atoms with van der Waals surface area (Å²) in [6, 6.07) is 13.5. The molecule has 0 bridgehead atoms. The molecule has 39 heavy (non-hydrogen) atoms. The SMILES string of the molecule is CC1(C)CC[C@@H](c2ccc(Cl)c(F)c2)N(CC(=O)Nc2ccc3c(c2)CC2(C3)C(=O)Nc3ncccc32)C1=O. The van der Waals surface area contributed by atoms with Crippen LogP contribution in [0.25, 0.3) is 0 Å². The van der Waals surface area contributed by atoms with Gasteiger partial charge in [-0.1, -0.05) is 43.6 Å². The van der Waals surface area contributed by atoms with Crippen molar-refractivity contribution in [1.29, 1.82) is 0 Å². The normalized spacial score (nSPS) is 23.0. The Kier molecular flexibility index (Phi) is 5.99. The Morgan fingerprint density at radius 2 is 1.95 bits per heavy atom. The maximum absolute atomic E-state index is 14.2. The number of benzene rings is 2. The second-order valence-electron chi connectivity index (χ2n) is 11.4. The largest absolute Gasteiger partial charge is 0.326 e. The first-order valence-electron chi connectivity index (χ1n) is 13.0. The van der Waals surface area contributed by atoms with E-state index in [9.17, 15) is 18.8 Å². The number of rotatable bonds is 4. The molecule has 3 amide bonds. The van der Waals surface area contributed by atoms with Gasteiger partial charge in [0.25, 0.3) is 0 Å². The molecule has 7 nitrogen and oxygen atoms in total. The lowest BCUT2D eigenvalue weighted by Gasteiger charge is -2.43. The van der Waals surface area contributed by atoms with E-state index < -0.39 is 22.7 Å². The van der Waals surface area contributed by atoms with Crippen LogP contribution in [0.5, 0.6) is 0 Å². The van der Waals surface area contributed by atoms with Gasteiger partial charge in [0.15, 0.2) is 0 Å². The standard InChI is InChI=1S/C30H28ClFN4O3/c1-29(2)10-9-24(17-6-8-22(31)23(32)13-17)36(28(29)39)16-25(37)34-20-7-5-18-14-30(15-19(18)12-20)21-4-3-11-33-26(21)35-27(30)38/h3-8,11-13,24H,9-10,14-16H2,1-2H3,(H,34,37)(H,33,35,38)/t24-,30?/m0/s1. The van der Waals surface area contributed by atoms with Gasteiger partial charge >= 0.3 is 0 Å². The second kappa shape index (κ2) is 9.16. The van der Waals surface area contributed by atoms with Crippen molar-refractivity contribution in [2.45, 2.75) is 51.0 Å². The maximum atomic E-state index is 14.2. The van der Waals surface area contributed by atoms with E-state index in [0.29, 0.717) is 42.8 Å². The number of aromatic nitrogens is 1. The number of hydrogen-bond donors (Lipinski definition) is 2. The van der Waals surface area contributed by atoms with Crippen molar-refractivity contribution in [1.82, 2.24) is 9.88 Å². The number of nitrogens with zero attached hydrogens (tertiary/aromatic N) is 2. The minimum absolute atomic E-state index is 0.0127. The fourth-order valence-electron chi connectivity index (χ4n) is 6.24. The van der Waals surface area contributed by atoms with Crippen LogP contribution in [-0.2, 0) is 32.6 Å². The zero-order valence-corrected chi connectivity index (χ0v) is 22.4. The minimum atomic E-state index is -0.693. The molecule has 9 heteroatoms. The smallest absolute Gasteiger partial charge is 0.244 e. The molecule has 3 aliphatic rings. The fraction of sp³-hybridized carbons (Fsp3) is 0.333. The van der Waals surface area contributed by atoms with Crippen molar-refractivity contribution in [2.24, 2.45) is 5.41 Å². The Hall–Kier alpha value is -3.78. The highest BCUT2D eigenvalue weighted by Gasteiger charge is 2.51. The minimum Gasteiger partial charge on any atom is -0.326 e. The van der Waals surface area contributed by atoms with Crippen LogP contribution in [0.3, 0.4) is 0 Å². The van der Waals surface area contributed by atoms with E-state index >= 15 is 0 Å². The van der Waals surface area contributed by atoms with Gasteiger partial charge in [0.2, 0.25) is 17.7 Å². The Morgan fingerprint density at radius 1 is 1.15 bits per heavy atom. The van der Waals surface area contributed by atoms with Crippen molar-refractivity contribution in [3.8, 4) is 0 Å². The Bertz CT molecular complexity index is 1540. The number of piperidine rings is 1. The summed E-state index contributed by atoms with van der Waals surface area (Å²) >= 11 is 5.87. The molecule has 2 N–H and O–H groups in total. The van der Waals surface area contributed by atoms with Gasteiger partial charge in [-0.05, 0) is 72.7 Å². The van der Waals surface area contributed by atoms with Crippen LogP contribution in [-0.4, -0.2) is 34.2 Å². The molecule has 1 unspecified atom stereocenters. The number of fused-ring (bicyclic) bond motifs is 3. The third kappa shape index (κ3) is 4.27. The summed E-state index contributed by atoms with van der Waals surface area (Å²) in [5.41, 5.74) is 2.83. The quantitative estimate of drug-likeness (QED) is 0.471. The highest BCUT2D eigenvalue weighted by Crippen LogP contribution is 2.47. The molecule has 3 heterocycles. The number of likely N-dealkylation sites (tertiary alicyclic amines) is 1. The first kappa shape index (κ1) is 25.5. The number of amides is 3. The van der Waals surface area contributed by atoms with E-state index in [4.69, 9.17) is 11.6 Å². The van der Waals surface area contributed by atoms with Crippen molar-refractivity contribution >= 4 is 40.8 Å². The number of pyridine rings is 1. The third-order valence-corrected chi connectivity index (χ3v) is 8.67. The van der Waals surface area contributed by atoms with E-state index in [-0.39, 0.29) is 29.3 Å². The molecule has 1 aromatic heterocycles. The van der Waals surface area contributed by atoms with E-state index in [0.717, 1.165) is 16.7 Å². The van der Waals surface area contributed by atoms with Crippen molar-refractivity contribution in [3.63, 3.8) is 0 Å². The van der Waals surface area contributed by atoms with Gasteiger partial charge in [0, 0.05) is 22.9 Å². The molecule has 1 saturated heterocycles. The van der Waals surface area contributed by atoms with Crippen molar-refractivity contribution in [2.75, 3.05) is 17.2 Å². The molecule has 0 radical (unpaired) electrons. The van der Waals surface area contributed by atoms with Crippen molar-refractivity contribution < 1.29 is 18.8 Å². The summed E-state index contributed by atoms with van der Waals surface area (Å²) in [5, 5.41) is 5.84. The van der Waals surface area contributed by atoms with Gasteiger partial charge in [-0.15, -0.1) is 0 Å². The molecule has 0 saturated carbocycles. The number of carbonyl (C=O) groups is 3. The van der Waals surface area contributed by atoms with Crippen molar-refractivity contribution in [3.05, 3.63) is 87.8 Å². The van der Waals surface area contributed by atoms with E-state index in [1.54, 1.807) is 12.3 Å². The zero-order chi connectivity index (χ0) is 27.5. The van der Waals surface area contributed by atoms with Gasteiger partial charge in [-0.3, -0.25) is 14.4 Å². The molecule has 1 fully saturated rings. The molecule has 200 valence electrons. The highest BCUT2D eigenvalue weighted by atomic mass is 35.5. The molecule has 6 rings (SSSR count). The Labute approximate surface area is 230 Å². The van der Waals surface area contributed by atoms with Gasteiger partial charge < -0.3 is 15.5 Å². The van der Waals surface area contributed by atoms with E-state index in [1.807, 2.05) is 44.2 Å². The second-order valence-corrected chi connectivity index (χ2v) is 11.8. The molecule has 2 aromatic carbocycles. The predicted octanol–water partition coefficient (Wildman–Crippen LogP) is 5.19. The molecule has 1 spiro atoms. The van der Waals surface area contributed by atoms with Gasteiger partial charge in [0.1, 0.15) is 18.2 Å². The lowest BCUT2D eigenvalue weighted by Crippen LogP contribution is -2.50. The molecule has 2 atom stereocenters. The third-order valence-electron chi connectivity index (χ3n) is 8.37. The lowest BCUT2D eigenvalue weighted by molar-refractivity contribution is -0.150. The number of carbonyl (C=O) groups excluding carboxylic acids is 3. The number of nitrogens with one attached hydrogen (secondary N) is 2. The van der Waals surface area contributed by atoms with Crippen LogP contribution in [0.1, 0.15) is 55.0 Å². The zero-order valence-electron chi connectivity index (χ0n) is 21.7. The van der Waals surface area contributed by atoms with E-state index in [2.05, 4.69) is 15.6 Å². The van der Waals surface area contributed by atoms with Crippen LogP contribution in [0.2, 0.25) is 5.02 Å². The maximum Gasteiger partial charge on any atom is 0.244 e. The summed E-state index contributed by atoms with van der Waals surface area (Å²) < 4.78 is 14.2. The van der Waals surface area contributed by atoms with Crippen LogP contribution in [0.15, 0.2) is 54.7 Å². The highest BCUT2D eigenvalue weighted by molar-refractivity contribution is 6.30. The lowest BCUT2D eigenvalue weighted by atomic mass is 9.78. The molecule has 2 aliphatic heterocycles.